The molecule has 5 fully saturated rings. The van der Waals surface area contributed by atoms with Crippen molar-refractivity contribution in [2.24, 2.45) is 23.2 Å². The van der Waals surface area contributed by atoms with E-state index in [1.165, 1.54) is 51.6 Å². The molecule has 1 saturated heterocycles. The number of piperidine rings is 1. The van der Waals surface area contributed by atoms with Gasteiger partial charge < -0.3 is 15.5 Å². The Morgan fingerprint density at radius 3 is 2.12 bits per heavy atom. The largest absolute Gasteiger partial charge is 0.352 e. The van der Waals surface area contributed by atoms with Crippen molar-refractivity contribution >= 4 is 11.8 Å². The van der Waals surface area contributed by atoms with Gasteiger partial charge in [0.2, 0.25) is 5.91 Å². The van der Waals surface area contributed by atoms with Gasteiger partial charge in [0, 0.05) is 24.1 Å². The van der Waals surface area contributed by atoms with Crippen LogP contribution in [0.1, 0.15) is 80.1 Å². The van der Waals surface area contributed by atoms with E-state index in [1.54, 1.807) is 0 Å². The molecule has 2 amide bonds. The molecular formula is C27H39N3O2. The summed E-state index contributed by atoms with van der Waals surface area (Å²) < 4.78 is 0. The molecule has 1 aromatic carbocycles. The predicted molar refractivity (Wildman–Crippen MR) is 126 cm³/mol. The molecule has 4 aliphatic carbocycles. The maximum Gasteiger partial charge on any atom is 0.251 e. The molecule has 1 aromatic rings. The average molecular weight is 438 g/mol. The van der Waals surface area contributed by atoms with Crippen LogP contribution in [0, 0.1) is 23.2 Å². The Balaban J connectivity index is 1.06. The Kier molecular flexibility index (Phi) is 6.54. The van der Waals surface area contributed by atoms with Crippen LogP contribution >= 0.6 is 0 Å². The van der Waals surface area contributed by atoms with E-state index in [2.05, 4.69) is 15.5 Å². The van der Waals surface area contributed by atoms with Gasteiger partial charge in [0.15, 0.2) is 0 Å². The number of carbonyl (C=O) groups excluding carboxylic acids is 2. The molecule has 2 N–H and O–H groups in total. The molecule has 0 spiro atoms. The number of nitrogens with zero attached hydrogens (tertiary/aromatic N) is 1. The summed E-state index contributed by atoms with van der Waals surface area (Å²) in [5.41, 5.74) is 1.66. The zero-order valence-corrected chi connectivity index (χ0v) is 19.4. The minimum Gasteiger partial charge on any atom is -0.352 e. The molecular weight excluding hydrogens is 398 g/mol. The normalized spacial score (nSPS) is 31.4. The first kappa shape index (κ1) is 21.9. The molecule has 5 heteroatoms. The first-order valence-electron chi connectivity index (χ1n) is 13.0. The van der Waals surface area contributed by atoms with E-state index in [0.717, 1.165) is 62.1 Å². The van der Waals surface area contributed by atoms with Crippen LogP contribution in [0.4, 0.5) is 0 Å². The Morgan fingerprint density at radius 2 is 1.50 bits per heavy atom. The van der Waals surface area contributed by atoms with Crippen LogP contribution in [0.3, 0.4) is 0 Å². The smallest absolute Gasteiger partial charge is 0.251 e. The summed E-state index contributed by atoms with van der Waals surface area (Å²) in [7, 11) is 0. The Bertz CT molecular complexity index is 777. The van der Waals surface area contributed by atoms with Gasteiger partial charge in [-0.2, -0.15) is 0 Å². The van der Waals surface area contributed by atoms with Gasteiger partial charge in [0.05, 0.1) is 0 Å². The summed E-state index contributed by atoms with van der Waals surface area (Å²) in [6, 6.07) is 7.71. The van der Waals surface area contributed by atoms with E-state index in [9.17, 15) is 9.59 Å². The van der Waals surface area contributed by atoms with Gasteiger partial charge in [-0.3, -0.25) is 9.59 Å². The number of likely N-dealkylation sites (tertiary alicyclic amines) is 1. The maximum atomic E-state index is 13.1. The molecule has 6 rings (SSSR count). The lowest BCUT2D eigenvalue weighted by Gasteiger charge is -2.55. The number of nitrogens with one attached hydrogen (secondary N) is 2. The minimum absolute atomic E-state index is 0.00667. The highest BCUT2D eigenvalue weighted by atomic mass is 16.2. The molecule has 5 aliphatic rings. The second-order valence-electron chi connectivity index (χ2n) is 11.1. The standard InChI is InChI=1S/C27H39N3O2/c31-25(28-9-4-12-30-10-2-1-3-11-30)24-7-5-20(6-8-24)19-29-26(32)27-16-21-13-22(17-27)15-23(14-21)18-27/h5-8,21-23H,1-4,9-19H2,(H,28,31)(H,29,32). The fourth-order valence-electron chi connectivity index (χ4n) is 7.32. The number of rotatable bonds is 8. The Hall–Kier alpha value is -1.88. The van der Waals surface area contributed by atoms with Crippen LogP contribution in [-0.2, 0) is 11.3 Å². The lowest BCUT2D eigenvalue weighted by atomic mass is 9.49. The van der Waals surface area contributed by atoms with Crippen LogP contribution in [0.25, 0.3) is 0 Å². The van der Waals surface area contributed by atoms with Gasteiger partial charge in [-0.05, 0) is 113 Å². The van der Waals surface area contributed by atoms with Crippen molar-refractivity contribution in [1.82, 2.24) is 15.5 Å². The SMILES string of the molecule is O=C(NCCCN1CCCCC1)c1ccc(CNC(=O)C23CC4CC(CC(C4)C2)C3)cc1. The molecule has 0 radical (unpaired) electrons. The Labute approximate surface area is 192 Å². The van der Waals surface area contributed by atoms with E-state index in [-0.39, 0.29) is 17.2 Å². The van der Waals surface area contributed by atoms with Gasteiger partial charge in [-0.1, -0.05) is 18.6 Å². The van der Waals surface area contributed by atoms with Gasteiger partial charge in [-0.25, -0.2) is 0 Å². The summed E-state index contributed by atoms with van der Waals surface area (Å²) in [6.07, 6.45) is 12.3. The van der Waals surface area contributed by atoms with Gasteiger partial charge in [0.1, 0.15) is 0 Å². The predicted octanol–water partition coefficient (Wildman–Crippen LogP) is 4.13. The highest BCUT2D eigenvalue weighted by molar-refractivity contribution is 5.94. The molecule has 5 nitrogen and oxygen atoms in total. The van der Waals surface area contributed by atoms with E-state index >= 15 is 0 Å². The number of benzene rings is 1. The lowest BCUT2D eigenvalue weighted by Crippen LogP contribution is -2.53. The number of amides is 2. The van der Waals surface area contributed by atoms with Gasteiger partial charge in [-0.15, -0.1) is 0 Å². The molecule has 0 aromatic heterocycles. The Morgan fingerprint density at radius 1 is 0.875 bits per heavy atom. The molecule has 174 valence electrons. The van der Waals surface area contributed by atoms with Crippen LogP contribution in [0.2, 0.25) is 0 Å². The average Bonchev–Trinajstić information content (AvgIpc) is 2.80. The topological polar surface area (TPSA) is 61.4 Å². The third-order valence-electron chi connectivity index (χ3n) is 8.57. The zero-order valence-electron chi connectivity index (χ0n) is 19.4. The first-order valence-corrected chi connectivity index (χ1v) is 13.0. The third kappa shape index (κ3) is 4.88. The lowest BCUT2D eigenvalue weighted by molar-refractivity contribution is -0.146. The second-order valence-corrected chi connectivity index (χ2v) is 11.1. The summed E-state index contributed by atoms with van der Waals surface area (Å²) >= 11 is 0. The molecule has 1 heterocycles. The first-order chi connectivity index (χ1) is 15.6. The summed E-state index contributed by atoms with van der Waals surface area (Å²) in [4.78, 5) is 28.1. The molecule has 4 bridgehead atoms. The summed E-state index contributed by atoms with van der Waals surface area (Å²) in [5, 5.41) is 6.28. The number of hydrogen-bond acceptors (Lipinski definition) is 3. The molecule has 0 atom stereocenters. The minimum atomic E-state index is -0.0945. The van der Waals surface area contributed by atoms with Crippen LogP contribution in [0.15, 0.2) is 24.3 Å². The van der Waals surface area contributed by atoms with Crippen LogP contribution in [0.5, 0.6) is 0 Å². The van der Waals surface area contributed by atoms with E-state index in [0.29, 0.717) is 12.1 Å². The van der Waals surface area contributed by atoms with Crippen molar-refractivity contribution in [3.63, 3.8) is 0 Å². The maximum absolute atomic E-state index is 13.1. The van der Waals surface area contributed by atoms with Gasteiger partial charge in [0.25, 0.3) is 5.91 Å². The second kappa shape index (κ2) is 9.54. The number of hydrogen-bond donors (Lipinski definition) is 2. The molecule has 1 aliphatic heterocycles. The quantitative estimate of drug-likeness (QED) is 0.601. The monoisotopic (exact) mass is 437 g/mol. The van der Waals surface area contributed by atoms with E-state index < -0.39 is 0 Å². The summed E-state index contributed by atoms with van der Waals surface area (Å²) in [5.74, 6) is 2.61. The molecule has 4 saturated carbocycles. The van der Waals surface area contributed by atoms with E-state index in [1.807, 2.05) is 24.3 Å². The van der Waals surface area contributed by atoms with Crippen molar-refractivity contribution in [2.45, 2.75) is 70.8 Å². The number of carbonyl (C=O) groups is 2. The molecule has 32 heavy (non-hydrogen) atoms. The molecule has 0 unspecified atom stereocenters. The van der Waals surface area contributed by atoms with Crippen LogP contribution < -0.4 is 10.6 Å². The van der Waals surface area contributed by atoms with Crippen molar-refractivity contribution in [3.8, 4) is 0 Å². The third-order valence-corrected chi connectivity index (χ3v) is 8.57. The van der Waals surface area contributed by atoms with Crippen molar-refractivity contribution in [1.29, 1.82) is 0 Å². The van der Waals surface area contributed by atoms with E-state index in [4.69, 9.17) is 0 Å². The van der Waals surface area contributed by atoms with Gasteiger partial charge >= 0.3 is 0 Å². The highest BCUT2D eigenvalue weighted by Crippen LogP contribution is 2.60. The highest BCUT2D eigenvalue weighted by Gasteiger charge is 2.54. The van der Waals surface area contributed by atoms with Crippen LogP contribution in [-0.4, -0.2) is 42.9 Å². The fraction of sp³-hybridized carbons (Fsp3) is 0.704. The van der Waals surface area contributed by atoms with Crippen molar-refractivity contribution < 1.29 is 9.59 Å². The summed E-state index contributed by atoms with van der Waals surface area (Å²) in [6.45, 7) is 4.75. The van der Waals surface area contributed by atoms with Crippen molar-refractivity contribution in [3.05, 3.63) is 35.4 Å². The van der Waals surface area contributed by atoms with Crippen molar-refractivity contribution in [2.75, 3.05) is 26.2 Å². The zero-order chi connectivity index (χ0) is 22.0. The fourth-order valence-corrected chi connectivity index (χ4v) is 7.32.